The molecule has 0 aliphatic carbocycles. The Balaban J connectivity index is 1.17. The normalized spacial score (nSPS) is 14.9. The van der Waals surface area contributed by atoms with E-state index in [-0.39, 0.29) is 23.5 Å². The van der Waals surface area contributed by atoms with Crippen molar-refractivity contribution in [1.82, 2.24) is 9.88 Å². The van der Waals surface area contributed by atoms with Crippen molar-refractivity contribution in [1.29, 1.82) is 0 Å². The van der Waals surface area contributed by atoms with Gasteiger partial charge >= 0.3 is 0 Å². The first-order valence-corrected chi connectivity index (χ1v) is 11.8. The highest BCUT2D eigenvalue weighted by Crippen LogP contribution is 2.29. The molecule has 0 atom stereocenters. The molecule has 2 aromatic heterocycles. The molecular formula is C25H24N4O3S. The Hall–Kier alpha value is -3.49. The van der Waals surface area contributed by atoms with Gasteiger partial charge in [-0.05, 0) is 61.8 Å². The average molecular weight is 461 g/mol. The second-order valence-corrected chi connectivity index (χ2v) is 9.19. The maximum Gasteiger partial charge on any atom is 0.293 e. The summed E-state index contributed by atoms with van der Waals surface area (Å²) in [4.78, 5) is 31.9. The molecule has 2 N–H and O–H groups in total. The van der Waals surface area contributed by atoms with Crippen LogP contribution in [0.2, 0.25) is 0 Å². The highest BCUT2D eigenvalue weighted by atomic mass is 32.1. The van der Waals surface area contributed by atoms with Gasteiger partial charge in [0, 0.05) is 18.2 Å². The molecule has 5 rings (SSSR count). The van der Waals surface area contributed by atoms with Crippen LogP contribution in [0.4, 0.5) is 10.8 Å². The molecule has 3 heterocycles. The lowest BCUT2D eigenvalue weighted by atomic mass is 9.95. The Labute approximate surface area is 195 Å². The number of furan rings is 1. The van der Waals surface area contributed by atoms with E-state index < -0.39 is 0 Å². The van der Waals surface area contributed by atoms with E-state index in [2.05, 4.69) is 44.8 Å². The third kappa shape index (κ3) is 5.13. The van der Waals surface area contributed by atoms with Gasteiger partial charge in [-0.25, -0.2) is 4.98 Å². The van der Waals surface area contributed by atoms with Gasteiger partial charge in [-0.2, -0.15) is 0 Å². The second-order valence-electron chi connectivity index (χ2n) is 8.16. The van der Waals surface area contributed by atoms with Gasteiger partial charge in [0.1, 0.15) is 0 Å². The van der Waals surface area contributed by atoms with Crippen molar-refractivity contribution in [2.75, 3.05) is 23.7 Å². The van der Waals surface area contributed by atoms with Crippen molar-refractivity contribution in [3.63, 3.8) is 0 Å². The first kappa shape index (κ1) is 21.4. The van der Waals surface area contributed by atoms with E-state index >= 15 is 0 Å². The van der Waals surface area contributed by atoms with Crippen LogP contribution >= 0.6 is 11.3 Å². The Morgan fingerprint density at radius 2 is 1.85 bits per heavy atom. The monoisotopic (exact) mass is 460 g/mol. The van der Waals surface area contributed by atoms with Crippen LogP contribution in [0.1, 0.15) is 29.0 Å². The molecule has 1 saturated heterocycles. The number of likely N-dealkylation sites (tertiary alicyclic amines) is 1. The number of amides is 2. The minimum absolute atomic E-state index is 0.0114. The molecule has 2 aromatic carbocycles. The fourth-order valence-electron chi connectivity index (χ4n) is 4.06. The molecule has 0 spiro atoms. The smallest absolute Gasteiger partial charge is 0.293 e. The lowest BCUT2D eigenvalue weighted by molar-refractivity contribution is -0.121. The van der Waals surface area contributed by atoms with E-state index in [9.17, 15) is 9.59 Å². The largest absolute Gasteiger partial charge is 0.459 e. The van der Waals surface area contributed by atoms with Gasteiger partial charge in [0.15, 0.2) is 10.9 Å². The number of nitrogens with one attached hydrogen (secondary N) is 2. The van der Waals surface area contributed by atoms with Gasteiger partial charge in [0.05, 0.1) is 16.5 Å². The maximum absolute atomic E-state index is 12.8. The summed E-state index contributed by atoms with van der Waals surface area (Å²) < 4.78 is 6.00. The molecule has 0 radical (unpaired) electrons. The molecule has 168 valence electrons. The number of anilines is 2. The topological polar surface area (TPSA) is 87.5 Å². The quantitative estimate of drug-likeness (QED) is 0.423. The number of carbonyl (C=O) groups excluding carboxylic acids is 2. The summed E-state index contributed by atoms with van der Waals surface area (Å²) in [7, 11) is 0. The standard InChI is InChI=1S/C25H24N4O3S/c30-23(18-10-12-29(13-11-18)16-17-5-2-1-3-6-17)26-19-8-9-20-22(15-19)33-25(27-20)28-24(31)21-7-4-14-32-21/h1-9,14-15,18H,10-13,16H2,(H,26,30)(H,27,28,31). The van der Waals surface area contributed by atoms with Crippen LogP contribution in [-0.4, -0.2) is 34.8 Å². The number of aromatic nitrogens is 1. The molecular weight excluding hydrogens is 436 g/mol. The highest BCUT2D eigenvalue weighted by molar-refractivity contribution is 7.22. The van der Waals surface area contributed by atoms with E-state index in [1.807, 2.05) is 24.3 Å². The lowest BCUT2D eigenvalue weighted by Crippen LogP contribution is -2.37. The summed E-state index contributed by atoms with van der Waals surface area (Å²) in [6.07, 6.45) is 3.16. The molecule has 0 saturated carbocycles. The van der Waals surface area contributed by atoms with Crippen molar-refractivity contribution >= 4 is 44.2 Å². The van der Waals surface area contributed by atoms with E-state index in [4.69, 9.17) is 4.42 Å². The van der Waals surface area contributed by atoms with Gasteiger partial charge in [-0.15, -0.1) is 0 Å². The molecule has 1 aliphatic heterocycles. The van der Waals surface area contributed by atoms with Crippen molar-refractivity contribution in [3.8, 4) is 0 Å². The van der Waals surface area contributed by atoms with Crippen LogP contribution in [-0.2, 0) is 11.3 Å². The lowest BCUT2D eigenvalue weighted by Gasteiger charge is -2.31. The van der Waals surface area contributed by atoms with Gasteiger partial charge in [-0.1, -0.05) is 41.7 Å². The predicted molar refractivity (Wildman–Crippen MR) is 129 cm³/mol. The maximum atomic E-state index is 12.8. The molecule has 0 bridgehead atoms. The fraction of sp³-hybridized carbons (Fsp3) is 0.240. The van der Waals surface area contributed by atoms with Crippen LogP contribution in [0, 0.1) is 5.92 Å². The van der Waals surface area contributed by atoms with Crippen molar-refractivity contribution in [2.24, 2.45) is 5.92 Å². The van der Waals surface area contributed by atoms with E-state index in [1.54, 1.807) is 12.1 Å². The molecule has 33 heavy (non-hydrogen) atoms. The van der Waals surface area contributed by atoms with Crippen molar-refractivity contribution in [2.45, 2.75) is 19.4 Å². The summed E-state index contributed by atoms with van der Waals surface area (Å²) in [6, 6.07) is 19.3. The summed E-state index contributed by atoms with van der Waals surface area (Å²) in [5, 5.41) is 6.30. The van der Waals surface area contributed by atoms with Gasteiger partial charge in [-0.3, -0.25) is 19.8 Å². The molecule has 1 aliphatic rings. The average Bonchev–Trinajstić information content (AvgIpc) is 3.50. The summed E-state index contributed by atoms with van der Waals surface area (Å²) >= 11 is 1.36. The zero-order valence-corrected chi connectivity index (χ0v) is 18.8. The Morgan fingerprint density at radius 3 is 2.61 bits per heavy atom. The summed E-state index contributed by atoms with van der Waals surface area (Å²) in [6.45, 7) is 2.76. The number of carbonyl (C=O) groups is 2. The minimum Gasteiger partial charge on any atom is -0.459 e. The van der Waals surface area contributed by atoms with Crippen LogP contribution in [0.25, 0.3) is 10.2 Å². The van der Waals surface area contributed by atoms with Gasteiger partial charge in [0.25, 0.3) is 5.91 Å². The first-order valence-electron chi connectivity index (χ1n) is 11.0. The highest BCUT2D eigenvalue weighted by Gasteiger charge is 2.25. The zero-order chi connectivity index (χ0) is 22.6. The van der Waals surface area contributed by atoms with E-state index in [0.717, 1.165) is 48.4 Å². The molecule has 4 aromatic rings. The molecule has 8 heteroatoms. The molecule has 2 amide bonds. The van der Waals surface area contributed by atoms with Gasteiger partial charge < -0.3 is 9.73 Å². The molecule has 7 nitrogen and oxygen atoms in total. The fourth-order valence-corrected chi connectivity index (χ4v) is 4.96. The number of nitrogens with zero attached hydrogens (tertiary/aromatic N) is 2. The number of rotatable bonds is 6. The molecule has 0 unspecified atom stereocenters. The van der Waals surface area contributed by atoms with Crippen molar-refractivity contribution < 1.29 is 14.0 Å². The third-order valence-corrected chi connectivity index (χ3v) is 6.76. The Morgan fingerprint density at radius 1 is 1.03 bits per heavy atom. The number of fused-ring (bicyclic) bond motifs is 1. The van der Waals surface area contributed by atoms with Crippen LogP contribution in [0.3, 0.4) is 0 Å². The summed E-state index contributed by atoms with van der Waals surface area (Å²) in [5.74, 6) is -0.0369. The summed E-state index contributed by atoms with van der Waals surface area (Å²) in [5.41, 5.74) is 2.81. The number of thiazole rings is 1. The van der Waals surface area contributed by atoms with E-state index in [1.165, 1.54) is 23.2 Å². The Bertz CT molecular complexity index is 1250. The first-order chi connectivity index (χ1) is 16.1. The third-order valence-electron chi connectivity index (χ3n) is 5.83. The Kier molecular flexibility index (Phi) is 6.19. The molecule has 1 fully saturated rings. The van der Waals surface area contributed by atoms with Crippen LogP contribution in [0.5, 0.6) is 0 Å². The van der Waals surface area contributed by atoms with Gasteiger partial charge in [0.2, 0.25) is 5.91 Å². The van der Waals surface area contributed by atoms with Crippen LogP contribution < -0.4 is 10.6 Å². The predicted octanol–water partition coefficient (Wildman–Crippen LogP) is 4.99. The number of benzene rings is 2. The SMILES string of the molecule is O=C(Nc1nc2ccc(NC(=O)C3CCN(Cc4ccccc4)CC3)cc2s1)c1ccco1. The zero-order valence-electron chi connectivity index (χ0n) is 18.0. The van der Waals surface area contributed by atoms with E-state index in [0.29, 0.717) is 5.13 Å². The number of hydrogen-bond donors (Lipinski definition) is 2. The van der Waals surface area contributed by atoms with Crippen molar-refractivity contribution in [3.05, 3.63) is 78.3 Å². The minimum atomic E-state index is -0.341. The number of piperidine rings is 1. The van der Waals surface area contributed by atoms with Crippen LogP contribution in [0.15, 0.2) is 71.3 Å². The second kappa shape index (κ2) is 9.56. The number of hydrogen-bond acceptors (Lipinski definition) is 6.